The van der Waals surface area contributed by atoms with Crippen LogP contribution in [0.4, 0.5) is 11.5 Å². The predicted molar refractivity (Wildman–Crippen MR) is 37.8 cm³/mol. The van der Waals surface area contributed by atoms with Gasteiger partial charge in [-0.2, -0.15) is 0 Å². The van der Waals surface area contributed by atoms with Crippen LogP contribution in [0.15, 0.2) is 6.33 Å². The summed E-state index contributed by atoms with van der Waals surface area (Å²) in [6, 6.07) is 0. The average molecular weight is 154 g/mol. The maximum atomic E-state index is 10.3. The number of anilines is 1. The van der Waals surface area contributed by atoms with Crippen molar-refractivity contribution in [3.05, 3.63) is 22.1 Å². The lowest BCUT2D eigenvalue weighted by Crippen LogP contribution is -2.01. The van der Waals surface area contributed by atoms with Gasteiger partial charge in [0, 0.05) is 0 Å². The van der Waals surface area contributed by atoms with Crippen LogP contribution >= 0.6 is 0 Å². The summed E-state index contributed by atoms with van der Waals surface area (Å²) < 4.78 is 0. The molecular weight excluding hydrogens is 148 g/mol. The third kappa shape index (κ3) is 1.23. The van der Waals surface area contributed by atoms with E-state index in [1.54, 1.807) is 0 Å². The molecule has 0 aliphatic rings. The fourth-order valence-electron chi connectivity index (χ4n) is 0.711. The van der Waals surface area contributed by atoms with Gasteiger partial charge in [-0.15, -0.1) is 0 Å². The number of nitrogens with two attached hydrogens (primary N) is 1. The molecule has 2 N–H and O–H groups in total. The Morgan fingerprint density at radius 2 is 2.27 bits per heavy atom. The van der Waals surface area contributed by atoms with Gasteiger partial charge in [0.15, 0.2) is 0 Å². The van der Waals surface area contributed by atoms with E-state index >= 15 is 0 Å². The van der Waals surface area contributed by atoms with Crippen molar-refractivity contribution in [2.24, 2.45) is 0 Å². The van der Waals surface area contributed by atoms with Crippen LogP contribution in [-0.2, 0) is 0 Å². The van der Waals surface area contributed by atoms with Gasteiger partial charge in [0.1, 0.15) is 12.0 Å². The molecule has 0 amide bonds. The third-order valence-corrected chi connectivity index (χ3v) is 1.22. The van der Waals surface area contributed by atoms with Crippen LogP contribution < -0.4 is 5.73 Å². The van der Waals surface area contributed by atoms with Crippen molar-refractivity contribution < 1.29 is 4.92 Å². The Labute approximate surface area is 62.2 Å². The van der Waals surface area contributed by atoms with E-state index in [1.165, 1.54) is 13.3 Å². The van der Waals surface area contributed by atoms with Crippen LogP contribution in [-0.4, -0.2) is 14.9 Å². The number of nitrogen functional groups attached to an aromatic ring is 1. The van der Waals surface area contributed by atoms with E-state index in [4.69, 9.17) is 5.73 Å². The standard InChI is InChI=1S/C5H6N4O2/c1-3-4(9(10)11)5(6)8-2-7-3/h2H,1H3,(H2,6,7,8). The zero-order valence-corrected chi connectivity index (χ0v) is 5.81. The van der Waals surface area contributed by atoms with E-state index in [0.717, 1.165) is 0 Å². The van der Waals surface area contributed by atoms with Gasteiger partial charge in [-0.3, -0.25) is 10.1 Å². The van der Waals surface area contributed by atoms with E-state index in [-0.39, 0.29) is 17.2 Å². The molecule has 6 nitrogen and oxygen atoms in total. The monoisotopic (exact) mass is 154 g/mol. The number of hydrogen-bond donors (Lipinski definition) is 1. The number of hydrogen-bond acceptors (Lipinski definition) is 5. The van der Waals surface area contributed by atoms with Crippen molar-refractivity contribution >= 4 is 11.5 Å². The van der Waals surface area contributed by atoms with Crippen molar-refractivity contribution in [3.8, 4) is 0 Å². The average Bonchev–Trinajstić information content (AvgIpc) is 1.85. The molecular formula is C5H6N4O2. The molecule has 6 heteroatoms. The van der Waals surface area contributed by atoms with Crippen LogP contribution in [0.1, 0.15) is 5.69 Å². The molecule has 0 aromatic carbocycles. The van der Waals surface area contributed by atoms with Crippen LogP contribution in [0, 0.1) is 17.0 Å². The maximum absolute atomic E-state index is 10.3. The first-order valence-corrected chi connectivity index (χ1v) is 2.84. The summed E-state index contributed by atoms with van der Waals surface area (Å²) in [7, 11) is 0. The van der Waals surface area contributed by atoms with Gasteiger partial charge in [-0.05, 0) is 6.92 Å². The van der Waals surface area contributed by atoms with Gasteiger partial charge < -0.3 is 5.73 Å². The van der Waals surface area contributed by atoms with E-state index in [9.17, 15) is 10.1 Å². The Morgan fingerprint density at radius 3 is 2.64 bits per heavy atom. The molecule has 0 fully saturated rings. The highest BCUT2D eigenvalue weighted by molar-refractivity contribution is 5.53. The van der Waals surface area contributed by atoms with Crippen molar-refractivity contribution in [2.45, 2.75) is 6.92 Å². The molecule has 11 heavy (non-hydrogen) atoms. The molecule has 58 valence electrons. The molecule has 0 unspecified atom stereocenters. The minimum Gasteiger partial charge on any atom is -0.378 e. The molecule has 1 aromatic rings. The Hall–Kier alpha value is -1.72. The van der Waals surface area contributed by atoms with Gasteiger partial charge >= 0.3 is 5.69 Å². The summed E-state index contributed by atoms with van der Waals surface area (Å²) in [5.41, 5.74) is 5.29. The Kier molecular flexibility index (Phi) is 1.67. The normalized spacial score (nSPS) is 9.55. The first-order valence-electron chi connectivity index (χ1n) is 2.84. The van der Waals surface area contributed by atoms with Gasteiger partial charge in [0.2, 0.25) is 5.82 Å². The lowest BCUT2D eigenvalue weighted by Gasteiger charge is -1.96. The summed E-state index contributed by atoms with van der Waals surface area (Å²) >= 11 is 0. The van der Waals surface area contributed by atoms with Gasteiger partial charge in [-0.25, -0.2) is 9.97 Å². The Bertz CT molecular complexity index is 278. The quantitative estimate of drug-likeness (QED) is 0.462. The fourth-order valence-corrected chi connectivity index (χ4v) is 0.711. The molecule has 0 bridgehead atoms. The molecule has 1 rings (SSSR count). The van der Waals surface area contributed by atoms with Crippen molar-refractivity contribution in [3.63, 3.8) is 0 Å². The SMILES string of the molecule is Cc1ncnc(N)c1[N+](=O)[O-]. The van der Waals surface area contributed by atoms with E-state index in [0.29, 0.717) is 0 Å². The molecule has 0 saturated carbocycles. The largest absolute Gasteiger partial charge is 0.378 e. The Morgan fingerprint density at radius 1 is 1.64 bits per heavy atom. The summed E-state index contributed by atoms with van der Waals surface area (Å²) in [5.74, 6) is -0.0949. The fraction of sp³-hybridized carbons (Fsp3) is 0.200. The lowest BCUT2D eigenvalue weighted by atomic mass is 10.3. The van der Waals surface area contributed by atoms with Crippen molar-refractivity contribution in [1.82, 2.24) is 9.97 Å². The second-order valence-electron chi connectivity index (χ2n) is 1.95. The first kappa shape index (κ1) is 7.39. The van der Waals surface area contributed by atoms with Crippen LogP contribution in [0.25, 0.3) is 0 Å². The smallest absolute Gasteiger partial charge is 0.332 e. The second-order valence-corrected chi connectivity index (χ2v) is 1.95. The predicted octanol–water partition coefficient (Wildman–Crippen LogP) is 0.275. The molecule has 0 atom stereocenters. The van der Waals surface area contributed by atoms with E-state index in [1.807, 2.05) is 0 Å². The number of rotatable bonds is 1. The summed E-state index contributed by atoms with van der Waals surface area (Å²) in [5, 5.41) is 10.3. The number of aryl methyl sites for hydroxylation is 1. The van der Waals surface area contributed by atoms with Crippen LogP contribution in [0.2, 0.25) is 0 Å². The molecule has 1 aromatic heterocycles. The summed E-state index contributed by atoms with van der Waals surface area (Å²) in [4.78, 5) is 16.8. The summed E-state index contributed by atoms with van der Waals surface area (Å²) in [6.45, 7) is 1.51. The van der Waals surface area contributed by atoms with Crippen molar-refractivity contribution in [2.75, 3.05) is 5.73 Å². The van der Waals surface area contributed by atoms with Crippen LogP contribution in [0.3, 0.4) is 0 Å². The number of nitrogens with zero attached hydrogens (tertiary/aromatic N) is 3. The van der Waals surface area contributed by atoms with Gasteiger partial charge in [0.05, 0.1) is 4.92 Å². The minimum absolute atomic E-state index is 0.0949. The molecule has 0 spiro atoms. The highest BCUT2D eigenvalue weighted by Gasteiger charge is 2.16. The highest BCUT2D eigenvalue weighted by atomic mass is 16.6. The zero-order valence-electron chi connectivity index (χ0n) is 5.81. The molecule has 1 heterocycles. The zero-order chi connectivity index (χ0) is 8.43. The number of nitro groups is 1. The van der Waals surface area contributed by atoms with Gasteiger partial charge in [0.25, 0.3) is 0 Å². The minimum atomic E-state index is -0.593. The highest BCUT2D eigenvalue weighted by Crippen LogP contribution is 2.19. The molecule has 0 saturated heterocycles. The first-order chi connectivity index (χ1) is 5.13. The molecule has 0 aliphatic heterocycles. The van der Waals surface area contributed by atoms with Crippen molar-refractivity contribution in [1.29, 1.82) is 0 Å². The third-order valence-electron chi connectivity index (χ3n) is 1.22. The second kappa shape index (κ2) is 2.49. The van der Waals surface area contributed by atoms with Gasteiger partial charge in [-0.1, -0.05) is 0 Å². The number of aromatic nitrogens is 2. The summed E-state index contributed by atoms with van der Waals surface area (Å²) in [6.07, 6.45) is 1.19. The topological polar surface area (TPSA) is 94.9 Å². The van der Waals surface area contributed by atoms with Crippen LogP contribution in [0.5, 0.6) is 0 Å². The van der Waals surface area contributed by atoms with E-state index in [2.05, 4.69) is 9.97 Å². The van der Waals surface area contributed by atoms with E-state index < -0.39 is 4.92 Å². The molecule has 0 aliphatic carbocycles. The molecule has 0 radical (unpaired) electrons. The Balaban J connectivity index is 3.32. The lowest BCUT2D eigenvalue weighted by molar-refractivity contribution is -0.385. The maximum Gasteiger partial charge on any atom is 0.332 e.